The standard InChI is InChI=1S/C10H20N2/c1-5-12(6-2)9-10(3)7-8-11-4/h5,9,11H,1,6-8H2,2-4H3/b10-9+. The Bertz CT molecular complexity index is 150. The Morgan fingerprint density at radius 1 is 1.58 bits per heavy atom. The second kappa shape index (κ2) is 6.92. The minimum absolute atomic E-state index is 0.987. The van der Waals surface area contributed by atoms with Gasteiger partial charge in [0.2, 0.25) is 0 Å². The molecule has 12 heavy (non-hydrogen) atoms. The van der Waals surface area contributed by atoms with Gasteiger partial charge in [-0.3, -0.25) is 0 Å². The molecule has 0 atom stereocenters. The predicted octanol–water partition coefficient (Wildman–Crippen LogP) is 1.97. The van der Waals surface area contributed by atoms with Gasteiger partial charge in [0, 0.05) is 12.7 Å². The molecule has 0 amide bonds. The van der Waals surface area contributed by atoms with Gasteiger partial charge in [0.25, 0.3) is 0 Å². The van der Waals surface area contributed by atoms with Crippen LogP contribution in [0.15, 0.2) is 24.6 Å². The Balaban J connectivity index is 3.85. The van der Waals surface area contributed by atoms with Crippen molar-refractivity contribution in [3.05, 3.63) is 24.6 Å². The third kappa shape index (κ3) is 4.97. The molecule has 0 fully saturated rings. The quantitative estimate of drug-likeness (QED) is 0.652. The summed E-state index contributed by atoms with van der Waals surface area (Å²) < 4.78 is 0. The minimum Gasteiger partial charge on any atom is -0.355 e. The molecule has 0 heterocycles. The molecule has 70 valence electrons. The van der Waals surface area contributed by atoms with Crippen LogP contribution in [0.1, 0.15) is 20.3 Å². The maximum absolute atomic E-state index is 3.73. The molecule has 0 radical (unpaired) electrons. The van der Waals surface area contributed by atoms with Gasteiger partial charge < -0.3 is 10.2 Å². The van der Waals surface area contributed by atoms with Gasteiger partial charge in [-0.1, -0.05) is 12.2 Å². The molecule has 0 aromatic carbocycles. The zero-order valence-electron chi connectivity index (χ0n) is 8.43. The van der Waals surface area contributed by atoms with Crippen molar-refractivity contribution in [2.45, 2.75) is 20.3 Å². The van der Waals surface area contributed by atoms with Crippen molar-refractivity contribution < 1.29 is 0 Å². The fourth-order valence-electron chi connectivity index (χ4n) is 0.943. The van der Waals surface area contributed by atoms with E-state index in [4.69, 9.17) is 0 Å². The summed E-state index contributed by atoms with van der Waals surface area (Å²) in [6, 6.07) is 0. The highest BCUT2D eigenvalue weighted by Gasteiger charge is 1.92. The fourth-order valence-corrected chi connectivity index (χ4v) is 0.943. The SMILES string of the molecule is C=CN(/C=C(\C)CCNC)CC. The molecular weight excluding hydrogens is 148 g/mol. The number of rotatable bonds is 6. The Labute approximate surface area is 76.0 Å². The maximum Gasteiger partial charge on any atom is 0.0190 e. The Hall–Kier alpha value is -0.760. The van der Waals surface area contributed by atoms with E-state index in [1.165, 1.54) is 5.57 Å². The van der Waals surface area contributed by atoms with E-state index >= 15 is 0 Å². The van der Waals surface area contributed by atoms with Crippen molar-refractivity contribution in [1.82, 2.24) is 10.2 Å². The van der Waals surface area contributed by atoms with E-state index in [2.05, 4.69) is 36.8 Å². The average Bonchev–Trinajstić information content (AvgIpc) is 2.10. The Morgan fingerprint density at radius 3 is 2.67 bits per heavy atom. The van der Waals surface area contributed by atoms with Crippen LogP contribution in [0.5, 0.6) is 0 Å². The molecule has 0 aliphatic rings. The first-order valence-corrected chi connectivity index (χ1v) is 4.44. The van der Waals surface area contributed by atoms with Gasteiger partial charge in [-0.15, -0.1) is 0 Å². The van der Waals surface area contributed by atoms with Gasteiger partial charge in [0.1, 0.15) is 0 Å². The van der Waals surface area contributed by atoms with E-state index in [0.29, 0.717) is 0 Å². The summed E-state index contributed by atoms with van der Waals surface area (Å²) in [6.45, 7) is 10.0. The molecule has 0 aromatic heterocycles. The van der Waals surface area contributed by atoms with Crippen molar-refractivity contribution in [2.75, 3.05) is 20.1 Å². The summed E-state index contributed by atoms with van der Waals surface area (Å²) in [4.78, 5) is 2.09. The zero-order valence-corrected chi connectivity index (χ0v) is 8.43. The number of hydrogen-bond acceptors (Lipinski definition) is 2. The van der Waals surface area contributed by atoms with Crippen molar-refractivity contribution in [1.29, 1.82) is 0 Å². The molecule has 0 aliphatic carbocycles. The molecule has 0 rings (SSSR count). The number of hydrogen-bond donors (Lipinski definition) is 1. The average molecular weight is 168 g/mol. The van der Waals surface area contributed by atoms with Gasteiger partial charge >= 0.3 is 0 Å². The zero-order chi connectivity index (χ0) is 9.40. The molecule has 2 nitrogen and oxygen atoms in total. The van der Waals surface area contributed by atoms with E-state index < -0.39 is 0 Å². The molecule has 0 bridgehead atoms. The summed E-state index contributed by atoms with van der Waals surface area (Å²) in [5, 5.41) is 3.12. The van der Waals surface area contributed by atoms with E-state index in [0.717, 1.165) is 19.5 Å². The summed E-state index contributed by atoms with van der Waals surface area (Å²) in [7, 11) is 1.97. The molecule has 1 N–H and O–H groups in total. The summed E-state index contributed by atoms with van der Waals surface area (Å²) in [5.74, 6) is 0. The van der Waals surface area contributed by atoms with Crippen LogP contribution in [-0.2, 0) is 0 Å². The van der Waals surface area contributed by atoms with Crippen LogP contribution in [0.25, 0.3) is 0 Å². The molecular formula is C10H20N2. The van der Waals surface area contributed by atoms with Gasteiger partial charge in [0.15, 0.2) is 0 Å². The third-order valence-electron chi connectivity index (χ3n) is 1.76. The lowest BCUT2D eigenvalue weighted by Gasteiger charge is -2.13. The Kier molecular flexibility index (Phi) is 6.48. The van der Waals surface area contributed by atoms with Crippen LogP contribution in [0.3, 0.4) is 0 Å². The number of nitrogens with zero attached hydrogens (tertiary/aromatic N) is 1. The summed E-state index contributed by atoms with van der Waals surface area (Å²) in [5.41, 5.74) is 1.38. The fraction of sp³-hybridized carbons (Fsp3) is 0.600. The van der Waals surface area contributed by atoms with Crippen LogP contribution in [0.2, 0.25) is 0 Å². The van der Waals surface area contributed by atoms with Gasteiger partial charge in [-0.2, -0.15) is 0 Å². The highest BCUT2D eigenvalue weighted by molar-refractivity contribution is 4.99. The minimum atomic E-state index is 0.987. The molecule has 0 saturated heterocycles. The molecule has 2 heteroatoms. The highest BCUT2D eigenvalue weighted by atomic mass is 15.1. The van der Waals surface area contributed by atoms with E-state index in [1.54, 1.807) is 0 Å². The van der Waals surface area contributed by atoms with Crippen LogP contribution in [-0.4, -0.2) is 25.0 Å². The second-order valence-corrected chi connectivity index (χ2v) is 2.84. The molecule has 0 aliphatic heterocycles. The highest BCUT2D eigenvalue weighted by Crippen LogP contribution is 2.01. The maximum atomic E-state index is 3.73. The van der Waals surface area contributed by atoms with Crippen molar-refractivity contribution in [3.63, 3.8) is 0 Å². The van der Waals surface area contributed by atoms with Crippen molar-refractivity contribution in [2.24, 2.45) is 0 Å². The predicted molar refractivity (Wildman–Crippen MR) is 54.9 cm³/mol. The van der Waals surface area contributed by atoms with E-state index in [1.807, 2.05) is 13.2 Å². The normalized spacial score (nSPS) is 11.4. The van der Waals surface area contributed by atoms with Crippen molar-refractivity contribution in [3.8, 4) is 0 Å². The first-order valence-electron chi connectivity index (χ1n) is 4.44. The lowest BCUT2D eigenvalue weighted by molar-refractivity contribution is 0.530. The van der Waals surface area contributed by atoms with Crippen molar-refractivity contribution >= 4 is 0 Å². The third-order valence-corrected chi connectivity index (χ3v) is 1.76. The molecule has 0 aromatic rings. The Morgan fingerprint density at radius 2 is 2.25 bits per heavy atom. The lowest BCUT2D eigenvalue weighted by atomic mass is 10.2. The molecule has 0 saturated carbocycles. The smallest absolute Gasteiger partial charge is 0.0190 e. The van der Waals surface area contributed by atoms with Gasteiger partial charge in [0.05, 0.1) is 0 Å². The second-order valence-electron chi connectivity index (χ2n) is 2.84. The molecule has 0 unspecified atom stereocenters. The van der Waals surface area contributed by atoms with E-state index in [9.17, 15) is 0 Å². The summed E-state index contributed by atoms with van der Waals surface area (Å²) in [6.07, 6.45) is 5.09. The lowest BCUT2D eigenvalue weighted by Crippen LogP contribution is -2.11. The first kappa shape index (κ1) is 11.2. The van der Waals surface area contributed by atoms with Gasteiger partial charge in [-0.05, 0) is 40.1 Å². The van der Waals surface area contributed by atoms with Crippen LogP contribution < -0.4 is 5.32 Å². The number of nitrogens with one attached hydrogen (secondary N) is 1. The van der Waals surface area contributed by atoms with E-state index in [-0.39, 0.29) is 0 Å². The largest absolute Gasteiger partial charge is 0.355 e. The topological polar surface area (TPSA) is 15.3 Å². The van der Waals surface area contributed by atoms with Gasteiger partial charge in [-0.25, -0.2) is 0 Å². The van der Waals surface area contributed by atoms with Crippen LogP contribution in [0.4, 0.5) is 0 Å². The summed E-state index contributed by atoms with van der Waals surface area (Å²) >= 11 is 0. The first-order chi connectivity index (χ1) is 5.74. The van der Waals surface area contributed by atoms with Crippen LogP contribution in [0, 0.1) is 0 Å². The molecule has 0 spiro atoms. The monoisotopic (exact) mass is 168 g/mol. The van der Waals surface area contributed by atoms with Crippen LogP contribution >= 0.6 is 0 Å².